The molecular weight excluding hydrogens is 554 g/mol. The number of nitriles is 1. The Morgan fingerprint density at radius 2 is 1.89 bits per heavy atom. The number of aromatic nitrogens is 4. The summed E-state index contributed by atoms with van der Waals surface area (Å²) in [4.78, 5) is 44.9. The second kappa shape index (κ2) is 11.9. The molecule has 5 rings (SSSR count). The smallest absolute Gasteiger partial charge is 0.355 e. The van der Waals surface area contributed by atoms with E-state index in [1.165, 1.54) is 10.6 Å². The number of amides is 1. The van der Waals surface area contributed by atoms with Crippen molar-refractivity contribution in [2.75, 3.05) is 25.1 Å². The summed E-state index contributed by atoms with van der Waals surface area (Å²) < 4.78 is 7.27. The molecule has 1 aliphatic rings. The number of benzene rings is 1. The zero-order valence-electron chi connectivity index (χ0n) is 26.3. The number of piperazine rings is 1. The van der Waals surface area contributed by atoms with Crippen LogP contribution < -0.4 is 15.3 Å². The maximum absolute atomic E-state index is 14.2. The molecule has 0 saturated carbocycles. The maximum atomic E-state index is 14.2. The first kappa shape index (κ1) is 30.4. The van der Waals surface area contributed by atoms with Crippen LogP contribution >= 0.6 is 0 Å². The molecule has 226 valence electrons. The van der Waals surface area contributed by atoms with E-state index >= 15 is 0 Å². The zero-order valence-corrected chi connectivity index (χ0v) is 26.3. The third kappa shape index (κ3) is 5.08. The summed E-state index contributed by atoms with van der Waals surface area (Å²) in [6.07, 6.45) is 3.06. The van der Waals surface area contributed by atoms with Crippen molar-refractivity contribution in [3.05, 3.63) is 82.1 Å². The number of aryl methyl sites for hydroxylation is 2. The lowest BCUT2D eigenvalue weighted by atomic mass is 10.0. The molecule has 0 aliphatic carbocycles. The Balaban J connectivity index is 1.88. The fraction of sp³-hybridized carbons (Fsp3) is 0.353. The molecule has 1 amide bonds. The highest BCUT2D eigenvalue weighted by molar-refractivity contribution is 5.93. The Hall–Kier alpha value is -5.04. The topological polar surface area (TPSA) is 117 Å². The fourth-order valence-corrected chi connectivity index (χ4v) is 6.08. The first-order valence-corrected chi connectivity index (χ1v) is 14.7. The molecule has 2 atom stereocenters. The van der Waals surface area contributed by atoms with Crippen molar-refractivity contribution < 1.29 is 9.53 Å². The summed E-state index contributed by atoms with van der Waals surface area (Å²) in [6.45, 7) is 16.4. The van der Waals surface area contributed by atoms with E-state index in [1.807, 2.05) is 70.7 Å². The predicted molar refractivity (Wildman–Crippen MR) is 171 cm³/mol. The van der Waals surface area contributed by atoms with E-state index in [4.69, 9.17) is 9.72 Å². The van der Waals surface area contributed by atoms with Gasteiger partial charge in [-0.2, -0.15) is 10.2 Å². The number of anilines is 1. The van der Waals surface area contributed by atoms with E-state index in [2.05, 4.69) is 22.6 Å². The highest BCUT2D eigenvalue weighted by Crippen LogP contribution is 2.37. The van der Waals surface area contributed by atoms with E-state index in [-0.39, 0.29) is 23.9 Å². The van der Waals surface area contributed by atoms with E-state index in [0.29, 0.717) is 58.2 Å². The van der Waals surface area contributed by atoms with Crippen LogP contribution in [-0.4, -0.2) is 62.6 Å². The van der Waals surface area contributed by atoms with Gasteiger partial charge in [-0.1, -0.05) is 32.6 Å². The summed E-state index contributed by atoms with van der Waals surface area (Å²) in [6, 6.07) is 11.3. The molecule has 10 nitrogen and oxygen atoms in total. The molecule has 3 aromatic heterocycles. The molecule has 0 N–H and O–H groups in total. The molecule has 1 fully saturated rings. The minimum Gasteiger partial charge on any atom is -0.496 e. The van der Waals surface area contributed by atoms with Crippen molar-refractivity contribution in [3.63, 3.8) is 0 Å². The van der Waals surface area contributed by atoms with Crippen LogP contribution in [0.5, 0.6) is 5.75 Å². The van der Waals surface area contributed by atoms with Gasteiger partial charge in [-0.15, -0.1) is 0 Å². The SMILES string of the molecule is C=CC(=O)N1C[C@H](C)N(c2nc(=O)n(-c3c(C)ccnc3C(C)C)c3nc(-c4cccc(C)c4OC)c(C#N)cc23)C[C@H]1C. The van der Waals surface area contributed by atoms with E-state index in [1.54, 1.807) is 24.3 Å². The number of rotatable bonds is 6. The maximum Gasteiger partial charge on any atom is 0.355 e. The average Bonchev–Trinajstić information content (AvgIpc) is 3.00. The summed E-state index contributed by atoms with van der Waals surface area (Å²) in [5, 5.41) is 10.9. The Kier molecular flexibility index (Phi) is 8.24. The van der Waals surface area contributed by atoms with Gasteiger partial charge in [0.05, 0.1) is 35.1 Å². The molecule has 0 unspecified atom stereocenters. The largest absolute Gasteiger partial charge is 0.496 e. The molecule has 0 bridgehead atoms. The minimum atomic E-state index is -0.505. The van der Waals surface area contributed by atoms with Gasteiger partial charge in [-0.25, -0.2) is 14.3 Å². The Morgan fingerprint density at radius 3 is 2.55 bits per heavy atom. The number of ether oxygens (including phenoxy) is 1. The number of nitrogens with zero attached hydrogens (tertiary/aromatic N) is 7. The second-order valence-electron chi connectivity index (χ2n) is 11.6. The van der Waals surface area contributed by atoms with Crippen LogP contribution in [0.15, 0.2) is 54.0 Å². The molecule has 4 heterocycles. The quantitative estimate of drug-likeness (QED) is 0.285. The lowest BCUT2D eigenvalue weighted by Crippen LogP contribution is -2.58. The molecule has 1 aromatic carbocycles. The number of para-hydroxylation sites is 1. The van der Waals surface area contributed by atoms with Gasteiger partial charge in [0.2, 0.25) is 5.91 Å². The van der Waals surface area contributed by atoms with Gasteiger partial charge >= 0.3 is 5.69 Å². The first-order valence-electron chi connectivity index (χ1n) is 14.7. The van der Waals surface area contributed by atoms with Crippen molar-refractivity contribution in [2.45, 2.75) is 59.5 Å². The molecule has 44 heavy (non-hydrogen) atoms. The van der Waals surface area contributed by atoms with Crippen LogP contribution in [0.25, 0.3) is 28.0 Å². The number of carbonyl (C=O) groups is 1. The molecule has 10 heteroatoms. The van der Waals surface area contributed by atoms with Gasteiger partial charge in [0.15, 0.2) is 5.65 Å². The predicted octanol–water partition coefficient (Wildman–Crippen LogP) is 5.07. The molecular formula is C34H37N7O3. The number of pyridine rings is 2. The van der Waals surface area contributed by atoms with Gasteiger partial charge in [0.25, 0.3) is 0 Å². The monoisotopic (exact) mass is 591 g/mol. The Labute approximate surface area is 257 Å². The van der Waals surface area contributed by atoms with Crippen molar-refractivity contribution in [1.29, 1.82) is 5.26 Å². The van der Waals surface area contributed by atoms with Gasteiger partial charge < -0.3 is 14.5 Å². The lowest BCUT2D eigenvalue weighted by Gasteiger charge is -2.44. The van der Waals surface area contributed by atoms with Crippen LogP contribution in [0, 0.1) is 25.2 Å². The number of hydrogen-bond acceptors (Lipinski definition) is 8. The second-order valence-corrected chi connectivity index (χ2v) is 11.6. The normalized spacial score (nSPS) is 16.7. The van der Waals surface area contributed by atoms with E-state index in [0.717, 1.165) is 16.8 Å². The summed E-state index contributed by atoms with van der Waals surface area (Å²) in [7, 11) is 1.59. The standard InChI is InChI=1S/C34H37N7O3/c1-9-27(42)39-17-23(7)40(18-22(39)6)32-26-15-24(16-35)29(25-12-10-11-21(5)31(25)44-8)37-33(26)41(34(43)38-32)30-20(4)13-14-36-28(30)19(2)3/h9-15,19,22-23H,1,17-18H2,2-8H3/t22-,23+/m1/s1. The number of carbonyl (C=O) groups excluding carboxylic acids is 1. The van der Waals surface area contributed by atoms with Crippen molar-refractivity contribution in [2.24, 2.45) is 0 Å². The van der Waals surface area contributed by atoms with Crippen LogP contribution in [-0.2, 0) is 4.79 Å². The van der Waals surface area contributed by atoms with Crippen LogP contribution in [0.3, 0.4) is 0 Å². The number of hydrogen-bond donors (Lipinski definition) is 0. The summed E-state index contributed by atoms with van der Waals surface area (Å²) in [5.74, 6) is 0.892. The van der Waals surface area contributed by atoms with Crippen LogP contribution in [0.2, 0.25) is 0 Å². The number of methoxy groups -OCH3 is 1. The highest BCUT2D eigenvalue weighted by Gasteiger charge is 2.34. The molecule has 0 radical (unpaired) electrons. The lowest BCUT2D eigenvalue weighted by molar-refractivity contribution is -0.128. The van der Waals surface area contributed by atoms with Crippen molar-refractivity contribution >= 4 is 22.8 Å². The van der Waals surface area contributed by atoms with Crippen LogP contribution in [0.1, 0.15) is 56.0 Å². The molecule has 0 spiro atoms. The third-order valence-electron chi connectivity index (χ3n) is 8.28. The molecule has 4 aromatic rings. The Morgan fingerprint density at radius 1 is 1.14 bits per heavy atom. The van der Waals surface area contributed by atoms with Gasteiger partial charge in [0.1, 0.15) is 17.6 Å². The average molecular weight is 592 g/mol. The van der Waals surface area contributed by atoms with Gasteiger partial charge in [0, 0.05) is 36.9 Å². The number of fused-ring (bicyclic) bond motifs is 1. The van der Waals surface area contributed by atoms with Gasteiger partial charge in [-0.05, 0) is 69.0 Å². The van der Waals surface area contributed by atoms with Gasteiger partial charge in [-0.3, -0.25) is 9.78 Å². The Bertz CT molecular complexity index is 1890. The fourth-order valence-electron chi connectivity index (χ4n) is 6.08. The molecule has 1 saturated heterocycles. The van der Waals surface area contributed by atoms with Crippen LogP contribution in [0.4, 0.5) is 5.82 Å². The highest BCUT2D eigenvalue weighted by atomic mass is 16.5. The molecule has 1 aliphatic heterocycles. The van der Waals surface area contributed by atoms with E-state index < -0.39 is 5.69 Å². The summed E-state index contributed by atoms with van der Waals surface area (Å²) >= 11 is 0. The minimum absolute atomic E-state index is 0.0117. The van der Waals surface area contributed by atoms with Crippen molar-refractivity contribution in [1.82, 2.24) is 24.4 Å². The first-order chi connectivity index (χ1) is 21.0. The van der Waals surface area contributed by atoms with E-state index in [9.17, 15) is 14.9 Å². The van der Waals surface area contributed by atoms with Crippen molar-refractivity contribution in [3.8, 4) is 28.8 Å². The third-order valence-corrected chi connectivity index (χ3v) is 8.28. The summed E-state index contributed by atoms with van der Waals surface area (Å²) in [5.41, 5.74) is 4.33. The zero-order chi connectivity index (χ0) is 31.9.